The summed E-state index contributed by atoms with van der Waals surface area (Å²) < 4.78 is 0. The second-order valence-electron chi connectivity index (χ2n) is 3.67. The number of hydrogen-bond acceptors (Lipinski definition) is 2. The van der Waals surface area contributed by atoms with Crippen LogP contribution in [0.15, 0.2) is 0 Å². The Bertz CT molecular complexity index is 161. The molecule has 1 saturated carbocycles. The molecular weight excluding hydrogens is 170 g/mol. The van der Waals surface area contributed by atoms with Crippen molar-refractivity contribution in [3.63, 3.8) is 0 Å². The molecule has 0 aromatic rings. The highest BCUT2D eigenvalue weighted by molar-refractivity contribution is 8.00. The molecule has 70 valence electrons. The minimum absolute atomic E-state index is 0.182. The monoisotopic (exact) mass is 187 g/mol. The molecule has 0 aromatic carbocycles. The van der Waals surface area contributed by atoms with Gasteiger partial charge in [0.2, 0.25) is 5.91 Å². The number of amides is 1. The average molecular weight is 187 g/mol. The molecule has 0 aromatic heterocycles. The summed E-state index contributed by atoms with van der Waals surface area (Å²) in [6, 6.07) is 0. The largest absolute Gasteiger partial charge is 0.369 e. The predicted molar refractivity (Wildman–Crippen MR) is 53.1 cm³/mol. The van der Waals surface area contributed by atoms with Gasteiger partial charge in [0.25, 0.3) is 0 Å². The van der Waals surface area contributed by atoms with Gasteiger partial charge in [-0.25, -0.2) is 0 Å². The van der Waals surface area contributed by atoms with Crippen molar-refractivity contribution < 1.29 is 4.79 Å². The van der Waals surface area contributed by atoms with Crippen LogP contribution in [0.1, 0.15) is 32.6 Å². The first-order chi connectivity index (χ1) is 5.68. The number of rotatable bonds is 3. The fourth-order valence-electron chi connectivity index (χ4n) is 1.73. The molecule has 0 spiro atoms. The number of primary amides is 1. The maximum absolute atomic E-state index is 10.5. The van der Waals surface area contributed by atoms with Crippen LogP contribution in [0.5, 0.6) is 0 Å². The third-order valence-electron chi connectivity index (χ3n) is 2.35. The van der Waals surface area contributed by atoms with Crippen molar-refractivity contribution in [2.24, 2.45) is 11.7 Å². The molecule has 0 bridgehead atoms. The van der Waals surface area contributed by atoms with E-state index in [1.807, 2.05) is 0 Å². The highest BCUT2D eigenvalue weighted by atomic mass is 32.2. The van der Waals surface area contributed by atoms with Crippen LogP contribution in [0.25, 0.3) is 0 Å². The van der Waals surface area contributed by atoms with Gasteiger partial charge < -0.3 is 5.73 Å². The van der Waals surface area contributed by atoms with Gasteiger partial charge >= 0.3 is 0 Å². The maximum Gasteiger partial charge on any atom is 0.227 e. The van der Waals surface area contributed by atoms with Crippen molar-refractivity contribution in [1.82, 2.24) is 0 Å². The van der Waals surface area contributed by atoms with Crippen LogP contribution in [-0.2, 0) is 4.79 Å². The summed E-state index contributed by atoms with van der Waals surface area (Å²) in [7, 11) is 0. The highest BCUT2D eigenvalue weighted by Gasteiger charge is 2.19. The fourth-order valence-corrected chi connectivity index (χ4v) is 2.93. The maximum atomic E-state index is 10.5. The Morgan fingerprint density at radius 2 is 2.33 bits per heavy atom. The second-order valence-corrected chi connectivity index (χ2v) is 4.96. The van der Waals surface area contributed by atoms with E-state index in [4.69, 9.17) is 5.73 Å². The Kier molecular flexibility index (Phi) is 3.92. The first kappa shape index (κ1) is 9.90. The van der Waals surface area contributed by atoms with E-state index in [1.165, 1.54) is 25.7 Å². The lowest BCUT2D eigenvalue weighted by atomic mass is 9.91. The van der Waals surface area contributed by atoms with Crippen LogP contribution in [0.3, 0.4) is 0 Å². The lowest BCUT2D eigenvalue weighted by Gasteiger charge is -2.25. The van der Waals surface area contributed by atoms with Gasteiger partial charge in [0, 0.05) is 5.25 Å². The van der Waals surface area contributed by atoms with Gasteiger partial charge in [0.15, 0.2) is 0 Å². The van der Waals surface area contributed by atoms with E-state index in [0.29, 0.717) is 11.0 Å². The van der Waals surface area contributed by atoms with Gasteiger partial charge in [-0.3, -0.25) is 4.79 Å². The molecule has 2 unspecified atom stereocenters. The Morgan fingerprint density at radius 1 is 1.58 bits per heavy atom. The lowest BCUT2D eigenvalue weighted by molar-refractivity contribution is -0.115. The third-order valence-corrected chi connectivity index (χ3v) is 3.70. The third kappa shape index (κ3) is 3.48. The molecule has 3 heteroatoms. The summed E-state index contributed by atoms with van der Waals surface area (Å²) in [4.78, 5) is 10.5. The molecule has 0 radical (unpaired) electrons. The summed E-state index contributed by atoms with van der Waals surface area (Å²) in [5.74, 6) is 1.15. The van der Waals surface area contributed by atoms with Crippen molar-refractivity contribution in [2.75, 3.05) is 5.75 Å². The van der Waals surface area contributed by atoms with E-state index < -0.39 is 0 Å². The molecule has 2 nitrogen and oxygen atoms in total. The molecule has 1 rings (SSSR count). The number of nitrogens with two attached hydrogens (primary N) is 1. The van der Waals surface area contributed by atoms with E-state index >= 15 is 0 Å². The fraction of sp³-hybridized carbons (Fsp3) is 0.889. The normalized spacial score (nSPS) is 30.1. The lowest BCUT2D eigenvalue weighted by Crippen LogP contribution is -2.20. The van der Waals surface area contributed by atoms with Gasteiger partial charge in [-0.1, -0.05) is 19.8 Å². The molecule has 2 N–H and O–H groups in total. The topological polar surface area (TPSA) is 43.1 Å². The zero-order valence-electron chi connectivity index (χ0n) is 7.58. The molecule has 0 heterocycles. The van der Waals surface area contributed by atoms with Crippen LogP contribution in [-0.4, -0.2) is 16.9 Å². The number of carbonyl (C=O) groups excluding carboxylic acids is 1. The summed E-state index contributed by atoms with van der Waals surface area (Å²) in [5.41, 5.74) is 5.08. The minimum atomic E-state index is -0.182. The zero-order chi connectivity index (χ0) is 8.97. The smallest absolute Gasteiger partial charge is 0.227 e. The van der Waals surface area contributed by atoms with Gasteiger partial charge in [-0.15, -0.1) is 11.8 Å². The van der Waals surface area contributed by atoms with E-state index in [2.05, 4.69) is 6.92 Å². The van der Waals surface area contributed by atoms with Gasteiger partial charge in [0.05, 0.1) is 5.75 Å². The van der Waals surface area contributed by atoms with E-state index in [9.17, 15) is 4.79 Å². The second kappa shape index (κ2) is 4.75. The summed E-state index contributed by atoms with van der Waals surface area (Å²) in [6.07, 6.45) is 5.20. The predicted octanol–water partition coefficient (Wildman–Crippen LogP) is 1.78. The van der Waals surface area contributed by atoms with Crippen molar-refractivity contribution >= 4 is 17.7 Å². The van der Waals surface area contributed by atoms with Crippen LogP contribution >= 0.6 is 11.8 Å². The van der Waals surface area contributed by atoms with Crippen molar-refractivity contribution in [1.29, 1.82) is 0 Å². The molecule has 1 amide bonds. The quantitative estimate of drug-likeness (QED) is 0.732. The average Bonchev–Trinajstić information content (AvgIpc) is 2.01. The standard InChI is InChI=1S/C9H17NOS/c1-7-3-2-4-8(5-7)12-6-9(10)11/h7-8H,2-6H2,1H3,(H2,10,11). The molecule has 0 saturated heterocycles. The van der Waals surface area contributed by atoms with Crippen LogP contribution in [0, 0.1) is 5.92 Å². The van der Waals surface area contributed by atoms with Crippen LogP contribution < -0.4 is 5.73 Å². The van der Waals surface area contributed by atoms with E-state index in [0.717, 1.165) is 5.92 Å². The Balaban J connectivity index is 2.18. The SMILES string of the molecule is CC1CCCC(SCC(N)=O)C1. The molecule has 1 fully saturated rings. The van der Waals surface area contributed by atoms with E-state index in [1.54, 1.807) is 11.8 Å². The van der Waals surface area contributed by atoms with Gasteiger partial charge in [-0.05, 0) is 18.8 Å². The Hall–Kier alpha value is -0.180. The highest BCUT2D eigenvalue weighted by Crippen LogP contribution is 2.31. The summed E-state index contributed by atoms with van der Waals surface area (Å²) in [6.45, 7) is 2.29. The molecular formula is C9H17NOS. The number of carbonyl (C=O) groups is 1. The molecule has 1 aliphatic carbocycles. The van der Waals surface area contributed by atoms with Gasteiger partial charge in [0.1, 0.15) is 0 Å². The molecule has 1 aliphatic rings. The summed E-state index contributed by atoms with van der Waals surface area (Å²) >= 11 is 1.73. The van der Waals surface area contributed by atoms with Crippen molar-refractivity contribution in [2.45, 2.75) is 37.9 Å². The zero-order valence-corrected chi connectivity index (χ0v) is 8.40. The van der Waals surface area contributed by atoms with Crippen LogP contribution in [0.2, 0.25) is 0 Å². The Labute approximate surface area is 78.3 Å². The number of thioether (sulfide) groups is 1. The van der Waals surface area contributed by atoms with Crippen LogP contribution in [0.4, 0.5) is 0 Å². The molecule has 0 aliphatic heterocycles. The minimum Gasteiger partial charge on any atom is -0.369 e. The van der Waals surface area contributed by atoms with Crippen molar-refractivity contribution in [3.05, 3.63) is 0 Å². The van der Waals surface area contributed by atoms with Crippen molar-refractivity contribution in [3.8, 4) is 0 Å². The first-order valence-corrected chi connectivity index (χ1v) is 5.63. The Morgan fingerprint density at radius 3 is 2.92 bits per heavy atom. The number of hydrogen-bond donors (Lipinski definition) is 1. The molecule has 2 atom stereocenters. The molecule has 12 heavy (non-hydrogen) atoms. The first-order valence-electron chi connectivity index (χ1n) is 4.58. The summed E-state index contributed by atoms with van der Waals surface area (Å²) in [5, 5.41) is 0.682. The van der Waals surface area contributed by atoms with Gasteiger partial charge in [-0.2, -0.15) is 0 Å². The van der Waals surface area contributed by atoms with E-state index in [-0.39, 0.29) is 5.91 Å².